The zero-order valence-corrected chi connectivity index (χ0v) is 10.9. The van der Waals surface area contributed by atoms with Crippen molar-refractivity contribution in [3.05, 3.63) is 11.9 Å². The van der Waals surface area contributed by atoms with Crippen molar-refractivity contribution in [1.29, 1.82) is 0 Å². The Kier molecular flexibility index (Phi) is 4.52. The molecule has 0 atom stereocenters. The molecule has 4 nitrogen and oxygen atoms in total. The van der Waals surface area contributed by atoms with Crippen LogP contribution in [0.3, 0.4) is 0 Å². The molecule has 0 bridgehead atoms. The molecule has 0 saturated carbocycles. The summed E-state index contributed by atoms with van der Waals surface area (Å²) in [5.74, 6) is 2.70. The third kappa shape index (κ3) is 3.08. The molecular weight excluding hydrogens is 200 g/mol. The van der Waals surface area contributed by atoms with Crippen LogP contribution in [0.2, 0.25) is 0 Å². The Morgan fingerprint density at radius 1 is 1.38 bits per heavy atom. The quantitative estimate of drug-likeness (QED) is 0.831. The van der Waals surface area contributed by atoms with E-state index >= 15 is 0 Å². The summed E-state index contributed by atoms with van der Waals surface area (Å²) in [6, 6.07) is 2.46. The van der Waals surface area contributed by atoms with E-state index in [1.807, 2.05) is 20.0 Å². The van der Waals surface area contributed by atoms with Gasteiger partial charge >= 0.3 is 0 Å². The Hall–Kier alpha value is -1.32. The molecule has 1 aromatic heterocycles. The van der Waals surface area contributed by atoms with Crippen molar-refractivity contribution >= 4 is 11.6 Å². The summed E-state index contributed by atoms with van der Waals surface area (Å²) < 4.78 is 0. The standard InChI is InChI=1S/C12H22N4/c1-6-7-16(9(2)3)12-8-11(13-5)14-10(4)15-12/h8-9H,6-7H2,1-5H3,(H,13,14,15). The number of aryl methyl sites for hydroxylation is 1. The molecule has 0 amide bonds. The van der Waals surface area contributed by atoms with Crippen molar-refractivity contribution in [2.75, 3.05) is 23.8 Å². The maximum atomic E-state index is 4.50. The number of nitrogens with one attached hydrogen (secondary N) is 1. The van der Waals surface area contributed by atoms with Gasteiger partial charge < -0.3 is 10.2 Å². The van der Waals surface area contributed by atoms with E-state index in [-0.39, 0.29) is 0 Å². The van der Waals surface area contributed by atoms with Gasteiger partial charge in [0.05, 0.1) is 0 Å². The number of rotatable bonds is 5. The highest BCUT2D eigenvalue weighted by molar-refractivity contribution is 5.49. The summed E-state index contributed by atoms with van der Waals surface area (Å²) in [5.41, 5.74) is 0. The molecule has 0 saturated heterocycles. The molecule has 0 aliphatic rings. The van der Waals surface area contributed by atoms with Crippen molar-refractivity contribution in [3.8, 4) is 0 Å². The van der Waals surface area contributed by atoms with Crippen molar-refractivity contribution in [2.24, 2.45) is 0 Å². The molecule has 16 heavy (non-hydrogen) atoms. The van der Waals surface area contributed by atoms with Crippen LogP contribution in [0.15, 0.2) is 6.07 Å². The zero-order chi connectivity index (χ0) is 12.1. The fourth-order valence-corrected chi connectivity index (χ4v) is 1.71. The zero-order valence-electron chi connectivity index (χ0n) is 10.9. The van der Waals surface area contributed by atoms with Crippen LogP contribution in [0.1, 0.15) is 33.0 Å². The minimum absolute atomic E-state index is 0.457. The number of hydrogen-bond donors (Lipinski definition) is 1. The summed E-state index contributed by atoms with van der Waals surface area (Å²) in [7, 11) is 1.88. The van der Waals surface area contributed by atoms with Gasteiger partial charge in [0.1, 0.15) is 17.5 Å². The van der Waals surface area contributed by atoms with E-state index in [4.69, 9.17) is 0 Å². The first-order valence-electron chi connectivity index (χ1n) is 5.88. The van der Waals surface area contributed by atoms with Crippen LogP contribution in [0.5, 0.6) is 0 Å². The largest absolute Gasteiger partial charge is 0.373 e. The van der Waals surface area contributed by atoms with Gasteiger partial charge in [-0.25, -0.2) is 9.97 Å². The van der Waals surface area contributed by atoms with Gasteiger partial charge in [-0.05, 0) is 27.2 Å². The first-order valence-corrected chi connectivity index (χ1v) is 5.88. The predicted octanol–water partition coefficient (Wildman–Crippen LogP) is 2.45. The number of hydrogen-bond acceptors (Lipinski definition) is 4. The molecule has 1 N–H and O–H groups in total. The Labute approximate surface area is 98.1 Å². The van der Waals surface area contributed by atoms with Gasteiger partial charge in [-0.3, -0.25) is 0 Å². The molecule has 1 aromatic rings. The third-order valence-electron chi connectivity index (χ3n) is 2.46. The Balaban J connectivity index is 3.03. The maximum absolute atomic E-state index is 4.50. The van der Waals surface area contributed by atoms with Crippen molar-refractivity contribution in [1.82, 2.24) is 9.97 Å². The number of aromatic nitrogens is 2. The van der Waals surface area contributed by atoms with Crippen molar-refractivity contribution < 1.29 is 0 Å². The molecule has 1 heterocycles. The highest BCUT2D eigenvalue weighted by atomic mass is 15.2. The molecule has 90 valence electrons. The molecule has 0 aliphatic heterocycles. The van der Waals surface area contributed by atoms with Gasteiger partial charge in [0.2, 0.25) is 0 Å². The topological polar surface area (TPSA) is 41.0 Å². The Morgan fingerprint density at radius 3 is 2.56 bits per heavy atom. The molecular formula is C12H22N4. The molecule has 0 aliphatic carbocycles. The van der Waals surface area contributed by atoms with Crippen molar-refractivity contribution in [2.45, 2.75) is 40.2 Å². The molecule has 0 spiro atoms. The average molecular weight is 222 g/mol. The molecule has 4 heteroatoms. The van der Waals surface area contributed by atoms with E-state index in [9.17, 15) is 0 Å². The fraction of sp³-hybridized carbons (Fsp3) is 0.667. The highest BCUT2D eigenvalue weighted by Gasteiger charge is 2.12. The van der Waals surface area contributed by atoms with Gasteiger partial charge in [0.25, 0.3) is 0 Å². The summed E-state index contributed by atoms with van der Waals surface area (Å²) in [6.07, 6.45) is 1.12. The summed E-state index contributed by atoms with van der Waals surface area (Å²) in [6.45, 7) is 9.51. The molecule has 1 rings (SSSR count). The molecule has 0 unspecified atom stereocenters. The van der Waals surface area contributed by atoms with Gasteiger partial charge in [0, 0.05) is 25.7 Å². The van der Waals surface area contributed by atoms with Crippen LogP contribution in [0, 0.1) is 6.92 Å². The monoisotopic (exact) mass is 222 g/mol. The lowest BCUT2D eigenvalue weighted by Crippen LogP contribution is -2.32. The summed E-state index contributed by atoms with van der Waals surface area (Å²) >= 11 is 0. The van der Waals surface area contributed by atoms with E-state index < -0.39 is 0 Å². The molecule has 0 aromatic carbocycles. The van der Waals surface area contributed by atoms with Crippen LogP contribution in [-0.2, 0) is 0 Å². The molecule has 0 radical (unpaired) electrons. The minimum atomic E-state index is 0.457. The van der Waals surface area contributed by atoms with Crippen LogP contribution in [0.4, 0.5) is 11.6 Å². The Morgan fingerprint density at radius 2 is 2.06 bits per heavy atom. The minimum Gasteiger partial charge on any atom is -0.373 e. The second-order valence-electron chi connectivity index (χ2n) is 4.20. The van der Waals surface area contributed by atoms with Gasteiger partial charge in [-0.15, -0.1) is 0 Å². The maximum Gasteiger partial charge on any atom is 0.134 e. The SMILES string of the molecule is CCCN(c1cc(NC)nc(C)n1)C(C)C. The fourth-order valence-electron chi connectivity index (χ4n) is 1.71. The van der Waals surface area contributed by atoms with E-state index in [1.54, 1.807) is 0 Å². The average Bonchev–Trinajstić information content (AvgIpc) is 2.24. The predicted molar refractivity (Wildman–Crippen MR) is 69.1 cm³/mol. The van der Waals surface area contributed by atoms with E-state index in [0.29, 0.717) is 6.04 Å². The highest BCUT2D eigenvalue weighted by Crippen LogP contribution is 2.18. The molecule has 0 fully saturated rings. The van der Waals surface area contributed by atoms with Crippen LogP contribution < -0.4 is 10.2 Å². The van der Waals surface area contributed by atoms with E-state index in [1.165, 1.54) is 0 Å². The second kappa shape index (κ2) is 5.68. The van der Waals surface area contributed by atoms with Crippen LogP contribution in [0.25, 0.3) is 0 Å². The first-order chi connectivity index (χ1) is 7.58. The smallest absolute Gasteiger partial charge is 0.134 e. The van der Waals surface area contributed by atoms with E-state index in [0.717, 1.165) is 30.4 Å². The number of nitrogens with zero attached hydrogens (tertiary/aromatic N) is 3. The third-order valence-corrected chi connectivity index (χ3v) is 2.46. The van der Waals surface area contributed by atoms with Gasteiger partial charge in [-0.1, -0.05) is 6.92 Å². The summed E-state index contributed by atoms with van der Waals surface area (Å²) in [4.78, 5) is 11.1. The second-order valence-corrected chi connectivity index (χ2v) is 4.20. The lowest BCUT2D eigenvalue weighted by Gasteiger charge is -2.27. The van der Waals surface area contributed by atoms with Gasteiger partial charge in [0.15, 0.2) is 0 Å². The first kappa shape index (κ1) is 12.7. The number of anilines is 2. The van der Waals surface area contributed by atoms with Gasteiger partial charge in [-0.2, -0.15) is 0 Å². The van der Waals surface area contributed by atoms with Crippen LogP contribution in [-0.4, -0.2) is 29.6 Å². The lowest BCUT2D eigenvalue weighted by molar-refractivity contribution is 0.660. The summed E-state index contributed by atoms with van der Waals surface area (Å²) in [5, 5.41) is 3.07. The lowest BCUT2D eigenvalue weighted by atomic mass is 10.3. The van der Waals surface area contributed by atoms with Crippen LogP contribution >= 0.6 is 0 Å². The van der Waals surface area contributed by atoms with Crippen molar-refractivity contribution in [3.63, 3.8) is 0 Å². The van der Waals surface area contributed by atoms with E-state index in [2.05, 4.69) is 41.0 Å². The Bertz CT molecular complexity index is 336. The normalized spacial score (nSPS) is 10.6.